The van der Waals surface area contributed by atoms with E-state index in [2.05, 4.69) is 25.0 Å². The Labute approximate surface area is 165 Å². The van der Waals surface area contributed by atoms with Crippen LogP contribution in [0.25, 0.3) is 17.2 Å². The molecule has 0 unspecified atom stereocenters. The van der Waals surface area contributed by atoms with Crippen molar-refractivity contribution in [3.8, 4) is 11.6 Å². The zero-order valence-corrected chi connectivity index (χ0v) is 15.5. The molecule has 0 saturated carbocycles. The zero-order valence-electron chi connectivity index (χ0n) is 15.5. The molecule has 1 aliphatic rings. The molecule has 1 saturated heterocycles. The van der Waals surface area contributed by atoms with Gasteiger partial charge in [0.2, 0.25) is 5.82 Å². The normalized spacial score (nSPS) is 14.5. The monoisotopic (exact) mass is 390 g/mol. The average Bonchev–Trinajstić information content (AvgIpc) is 3.44. The number of aromatic nitrogens is 5. The van der Waals surface area contributed by atoms with Gasteiger partial charge < -0.3 is 20.0 Å². The van der Waals surface area contributed by atoms with Crippen molar-refractivity contribution in [2.75, 3.05) is 36.8 Å². The minimum absolute atomic E-state index is 0.150. The molecule has 0 atom stereocenters. The van der Waals surface area contributed by atoms with Crippen LogP contribution in [-0.4, -0.2) is 61.6 Å². The molecule has 1 aliphatic heterocycles. The van der Waals surface area contributed by atoms with Gasteiger partial charge in [-0.15, -0.1) is 5.10 Å². The molecule has 2 N–H and O–H groups in total. The third-order valence-electron chi connectivity index (χ3n) is 4.90. The number of hydrogen-bond donors (Lipinski definition) is 1. The van der Waals surface area contributed by atoms with Crippen LogP contribution in [0.3, 0.4) is 0 Å². The minimum Gasteiger partial charge on any atom is -0.461 e. The molecule has 146 valence electrons. The number of hydrogen-bond acceptors (Lipinski definition) is 8. The lowest BCUT2D eigenvalue weighted by Crippen LogP contribution is -2.49. The van der Waals surface area contributed by atoms with Gasteiger partial charge in [0.15, 0.2) is 17.2 Å². The van der Waals surface area contributed by atoms with E-state index in [-0.39, 0.29) is 17.4 Å². The maximum atomic E-state index is 13.0. The van der Waals surface area contributed by atoms with E-state index < -0.39 is 0 Å². The Hall–Kier alpha value is -3.95. The van der Waals surface area contributed by atoms with E-state index in [0.717, 1.165) is 18.8 Å². The van der Waals surface area contributed by atoms with Crippen LogP contribution in [0, 0.1) is 0 Å². The molecule has 0 aromatic carbocycles. The molecule has 4 aromatic rings. The van der Waals surface area contributed by atoms with Crippen molar-refractivity contribution < 1.29 is 9.21 Å². The van der Waals surface area contributed by atoms with Gasteiger partial charge >= 0.3 is 0 Å². The van der Waals surface area contributed by atoms with Gasteiger partial charge in [-0.25, -0.2) is 14.5 Å². The van der Waals surface area contributed by atoms with Gasteiger partial charge in [-0.2, -0.15) is 0 Å². The lowest BCUT2D eigenvalue weighted by atomic mass is 10.2. The Morgan fingerprint density at radius 3 is 2.59 bits per heavy atom. The summed E-state index contributed by atoms with van der Waals surface area (Å²) in [6.07, 6.45) is 6.64. The van der Waals surface area contributed by atoms with Crippen LogP contribution >= 0.6 is 0 Å². The van der Waals surface area contributed by atoms with Crippen LogP contribution in [0.1, 0.15) is 10.5 Å². The number of piperazine rings is 1. The summed E-state index contributed by atoms with van der Waals surface area (Å²) in [6.45, 7) is 2.66. The molecular weight excluding hydrogens is 372 g/mol. The number of rotatable bonds is 3. The SMILES string of the molecule is Nc1nc(C(=O)N2CCN(c3ccncc3)CC2)cn2nc(-c3ccco3)nc12. The Bertz CT molecular complexity index is 1150. The third-order valence-corrected chi connectivity index (χ3v) is 4.90. The van der Waals surface area contributed by atoms with Gasteiger partial charge in [-0.1, -0.05) is 0 Å². The lowest BCUT2D eigenvalue weighted by Gasteiger charge is -2.35. The highest BCUT2D eigenvalue weighted by molar-refractivity contribution is 5.93. The second-order valence-corrected chi connectivity index (χ2v) is 6.68. The number of nitrogens with two attached hydrogens (primary N) is 1. The standard InChI is InChI=1S/C19H18N8O2/c20-16-18-23-17(15-2-1-11-29-15)24-27(18)12-14(22-16)19(28)26-9-7-25(8-10-26)13-3-5-21-6-4-13/h1-6,11-12H,7-10H2,(H2,20,22). The maximum Gasteiger partial charge on any atom is 0.274 e. The molecule has 0 radical (unpaired) electrons. The molecule has 10 nitrogen and oxygen atoms in total. The van der Waals surface area contributed by atoms with Crippen molar-refractivity contribution in [3.05, 3.63) is 54.8 Å². The lowest BCUT2D eigenvalue weighted by molar-refractivity contribution is 0.0740. The van der Waals surface area contributed by atoms with Crippen molar-refractivity contribution in [2.24, 2.45) is 0 Å². The van der Waals surface area contributed by atoms with Gasteiger partial charge in [0, 0.05) is 44.3 Å². The van der Waals surface area contributed by atoms with Crippen LogP contribution in [0.4, 0.5) is 11.5 Å². The average molecular weight is 390 g/mol. The topological polar surface area (TPSA) is 119 Å². The summed E-state index contributed by atoms with van der Waals surface area (Å²) in [6, 6.07) is 7.44. The number of furan rings is 1. The number of anilines is 2. The van der Waals surface area contributed by atoms with Crippen molar-refractivity contribution >= 4 is 23.1 Å². The first-order valence-corrected chi connectivity index (χ1v) is 9.20. The number of amides is 1. The Morgan fingerprint density at radius 1 is 1.07 bits per heavy atom. The fraction of sp³-hybridized carbons (Fsp3) is 0.211. The number of fused-ring (bicyclic) bond motifs is 1. The number of pyridine rings is 1. The van der Waals surface area contributed by atoms with Gasteiger partial charge in [0.05, 0.1) is 12.5 Å². The summed E-state index contributed by atoms with van der Waals surface area (Å²) in [4.78, 5) is 29.6. The van der Waals surface area contributed by atoms with Crippen LogP contribution in [0.2, 0.25) is 0 Å². The molecule has 5 rings (SSSR count). The maximum absolute atomic E-state index is 13.0. The van der Waals surface area contributed by atoms with Gasteiger partial charge in [-0.3, -0.25) is 9.78 Å². The molecule has 1 fully saturated rings. The first kappa shape index (κ1) is 17.2. The van der Waals surface area contributed by atoms with Crippen molar-refractivity contribution in [1.29, 1.82) is 0 Å². The van der Waals surface area contributed by atoms with E-state index in [1.165, 1.54) is 4.52 Å². The summed E-state index contributed by atoms with van der Waals surface area (Å²) in [5, 5.41) is 4.36. The molecule has 0 bridgehead atoms. The molecule has 0 spiro atoms. The smallest absolute Gasteiger partial charge is 0.274 e. The molecule has 0 aliphatic carbocycles. The molecule has 10 heteroatoms. The fourth-order valence-corrected chi connectivity index (χ4v) is 3.41. The second-order valence-electron chi connectivity index (χ2n) is 6.68. The van der Waals surface area contributed by atoms with E-state index in [1.807, 2.05) is 12.1 Å². The fourth-order valence-electron chi connectivity index (χ4n) is 3.41. The first-order chi connectivity index (χ1) is 14.2. The van der Waals surface area contributed by atoms with Crippen molar-refractivity contribution in [2.45, 2.75) is 0 Å². The number of carbonyl (C=O) groups is 1. The predicted octanol–water partition coefficient (Wildman–Crippen LogP) is 1.32. The highest BCUT2D eigenvalue weighted by Gasteiger charge is 2.25. The summed E-state index contributed by atoms with van der Waals surface area (Å²) in [5.74, 6) is 0.881. The summed E-state index contributed by atoms with van der Waals surface area (Å²) in [7, 11) is 0. The summed E-state index contributed by atoms with van der Waals surface area (Å²) in [5.41, 5.74) is 7.76. The quantitative estimate of drug-likeness (QED) is 0.556. The molecule has 4 aromatic heterocycles. The molecule has 5 heterocycles. The number of carbonyl (C=O) groups excluding carboxylic acids is 1. The van der Waals surface area contributed by atoms with Gasteiger partial charge in [-0.05, 0) is 24.3 Å². The largest absolute Gasteiger partial charge is 0.461 e. The minimum atomic E-state index is -0.178. The van der Waals surface area contributed by atoms with Crippen molar-refractivity contribution in [3.63, 3.8) is 0 Å². The van der Waals surface area contributed by atoms with Gasteiger partial charge in [0.1, 0.15) is 5.69 Å². The number of nitrogen functional groups attached to an aromatic ring is 1. The highest BCUT2D eigenvalue weighted by Crippen LogP contribution is 2.20. The molecule has 1 amide bonds. The van der Waals surface area contributed by atoms with E-state index in [4.69, 9.17) is 10.2 Å². The van der Waals surface area contributed by atoms with E-state index in [0.29, 0.717) is 30.3 Å². The Balaban J connectivity index is 1.36. The summed E-state index contributed by atoms with van der Waals surface area (Å²) >= 11 is 0. The third kappa shape index (κ3) is 3.14. The van der Waals surface area contributed by atoms with Gasteiger partial charge in [0.25, 0.3) is 5.91 Å². The highest BCUT2D eigenvalue weighted by atomic mass is 16.3. The summed E-state index contributed by atoms with van der Waals surface area (Å²) < 4.78 is 6.80. The number of nitrogens with zero attached hydrogens (tertiary/aromatic N) is 7. The van der Waals surface area contributed by atoms with E-state index >= 15 is 0 Å². The van der Waals surface area contributed by atoms with E-state index in [1.54, 1.807) is 41.9 Å². The van der Waals surface area contributed by atoms with Crippen LogP contribution < -0.4 is 10.6 Å². The Kier molecular flexibility index (Phi) is 4.08. The zero-order chi connectivity index (χ0) is 19.8. The van der Waals surface area contributed by atoms with Crippen LogP contribution in [0.15, 0.2) is 53.5 Å². The molecule has 29 heavy (non-hydrogen) atoms. The first-order valence-electron chi connectivity index (χ1n) is 9.20. The van der Waals surface area contributed by atoms with Crippen LogP contribution in [0.5, 0.6) is 0 Å². The molecular formula is C19H18N8O2. The second kappa shape index (κ2) is 6.89. The van der Waals surface area contributed by atoms with Crippen molar-refractivity contribution in [1.82, 2.24) is 29.5 Å². The van der Waals surface area contributed by atoms with Crippen LogP contribution in [-0.2, 0) is 0 Å². The predicted molar refractivity (Wildman–Crippen MR) is 105 cm³/mol. The Morgan fingerprint density at radius 2 is 1.86 bits per heavy atom. The van der Waals surface area contributed by atoms with E-state index in [9.17, 15) is 4.79 Å².